The fourth-order valence-electron chi connectivity index (χ4n) is 10.2. The minimum atomic E-state index is -1.49. The number of unbranched alkanes of at least 4 members (excludes halogenated alkanes) is 2. The number of oxime groups is 1. The van der Waals surface area contributed by atoms with Crippen molar-refractivity contribution in [2.45, 2.75) is 94.8 Å². The molecule has 5 aliphatic rings. The highest BCUT2D eigenvalue weighted by Crippen LogP contribution is 2.62. The minimum Gasteiger partial charge on any atom is -0.490 e. The van der Waals surface area contributed by atoms with Crippen molar-refractivity contribution in [3.63, 3.8) is 0 Å². The normalized spacial score (nSPS) is 25.8. The van der Waals surface area contributed by atoms with Crippen molar-refractivity contribution in [2.75, 3.05) is 39.8 Å². The zero-order chi connectivity index (χ0) is 44.5. The summed E-state index contributed by atoms with van der Waals surface area (Å²) in [6, 6.07) is 19.6. The molecule has 64 heavy (non-hydrogen) atoms. The van der Waals surface area contributed by atoms with Gasteiger partial charge < -0.3 is 48.4 Å². The van der Waals surface area contributed by atoms with Crippen molar-refractivity contribution in [3.05, 3.63) is 120 Å². The molecule has 8 rings (SSSR count). The number of aliphatic hydroxyl groups excluding tert-OH is 2. The van der Waals surface area contributed by atoms with Crippen LogP contribution in [0.25, 0.3) is 0 Å². The lowest BCUT2D eigenvalue weighted by atomic mass is 9.55. The number of hydrogen-bond acceptors (Lipinski definition) is 12. The fraction of sp³-hybridized carbons (Fsp3) is 0.471. The van der Waals surface area contributed by atoms with Crippen molar-refractivity contribution < 1.29 is 48.3 Å². The van der Waals surface area contributed by atoms with E-state index in [9.17, 15) is 15.5 Å². The quantitative estimate of drug-likeness (QED) is 0.0638. The molecular formula is C51H59N3O10. The molecule has 3 aromatic carbocycles. The Hall–Kier alpha value is -5.65. The molecule has 338 valence electrons. The van der Waals surface area contributed by atoms with E-state index in [0.29, 0.717) is 72.3 Å². The van der Waals surface area contributed by atoms with Gasteiger partial charge in [-0.15, -0.1) is 6.58 Å². The average Bonchev–Trinajstić information content (AvgIpc) is 3.81. The van der Waals surface area contributed by atoms with Gasteiger partial charge in [0.05, 0.1) is 36.5 Å². The third-order valence-electron chi connectivity index (χ3n) is 13.1. The van der Waals surface area contributed by atoms with Gasteiger partial charge in [-0.25, -0.2) is 0 Å². The van der Waals surface area contributed by atoms with E-state index in [0.717, 1.165) is 55.2 Å². The van der Waals surface area contributed by atoms with Gasteiger partial charge in [0.1, 0.15) is 24.1 Å². The number of nitriles is 1. The number of nitrogens with zero attached hydrogens (tertiary/aromatic N) is 3. The number of hydrogen-bond donors (Lipinski definition) is 2. The van der Waals surface area contributed by atoms with Gasteiger partial charge in [0.2, 0.25) is 18.9 Å². The molecule has 13 heteroatoms. The van der Waals surface area contributed by atoms with Crippen LogP contribution >= 0.6 is 0 Å². The Morgan fingerprint density at radius 2 is 1.72 bits per heavy atom. The smallest absolute Gasteiger partial charge is 0.254 e. The Balaban J connectivity index is 1.36. The number of allylic oxidation sites excluding steroid dienone is 1. The SMILES string of the molecule is C=CCOc1ccc2c(c1)[C@H]1[C@H](CCCCO)[C@@H](CCCCO)C=C3C(=NOC4CCCCO4)C[C@H](N(Cc4ccc5c(c4)OCO5)C(=O)c4ccc(C#N)cc4)[C@@](OCC=C)(O2)[C@H]31. The highest BCUT2D eigenvalue weighted by molar-refractivity contribution is 6.03. The van der Waals surface area contributed by atoms with E-state index in [-0.39, 0.29) is 63.2 Å². The first-order chi connectivity index (χ1) is 31.4. The van der Waals surface area contributed by atoms with Gasteiger partial charge in [0, 0.05) is 49.6 Å². The van der Waals surface area contributed by atoms with Crippen LogP contribution in [0, 0.1) is 29.1 Å². The molecule has 2 fully saturated rings. The molecule has 0 aromatic heterocycles. The number of amides is 1. The van der Waals surface area contributed by atoms with Crippen LogP contribution in [-0.4, -0.2) is 84.7 Å². The second-order valence-corrected chi connectivity index (χ2v) is 17.1. The molecule has 1 saturated heterocycles. The number of rotatable bonds is 20. The van der Waals surface area contributed by atoms with Crippen molar-refractivity contribution in [3.8, 4) is 29.1 Å². The highest BCUT2D eigenvalue weighted by Gasteiger charge is 2.65. The van der Waals surface area contributed by atoms with E-state index in [1.165, 1.54) is 0 Å². The van der Waals surface area contributed by atoms with E-state index >= 15 is 4.79 Å². The Labute approximate surface area is 375 Å². The first-order valence-electron chi connectivity index (χ1n) is 22.7. The van der Waals surface area contributed by atoms with E-state index in [4.69, 9.17) is 38.4 Å². The summed E-state index contributed by atoms with van der Waals surface area (Å²) in [5, 5.41) is 34.6. The fourth-order valence-corrected chi connectivity index (χ4v) is 10.2. The predicted octanol–water partition coefficient (Wildman–Crippen LogP) is 8.35. The Morgan fingerprint density at radius 1 is 0.938 bits per heavy atom. The molecule has 0 bridgehead atoms. The van der Waals surface area contributed by atoms with Gasteiger partial charge in [-0.2, -0.15) is 5.26 Å². The number of fused-ring (bicyclic) bond motifs is 3. The molecule has 0 spiro atoms. The van der Waals surface area contributed by atoms with Crippen LogP contribution in [0.3, 0.4) is 0 Å². The van der Waals surface area contributed by atoms with Gasteiger partial charge in [0.25, 0.3) is 5.91 Å². The summed E-state index contributed by atoms with van der Waals surface area (Å²) in [6.45, 7) is 9.35. The summed E-state index contributed by atoms with van der Waals surface area (Å²) in [6.07, 6.45) is 12.5. The Bertz CT molecular complexity index is 2230. The molecule has 0 radical (unpaired) electrons. The standard InChI is InChI=1S/C51H59N3O10/c1-3-24-58-38-19-21-43-41(29-38)48-39(12-6-9-23-56)37(11-5-8-22-55)28-40-42(53-64-47-13-7-10-26-59-47)30-46(51(63-43,49(40)48)62-25-4-2)54(50(57)36-17-14-34(31-52)15-18-36)32-35-16-20-44-45(27-35)61-33-60-44/h3-4,14-21,27-29,37,39,46-49,55-56H,1-2,5-13,22-26,30,32-33H2/t37-,39+,46-,47?,48+,49+,51+/m0/s1. The van der Waals surface area contributed by atoms with Gasteiger partial charge >= 0.3 is 0 Å². The average molecular weight is 874 g/mol. The number of benzene rings is 3. The second-order valence-electron chi connectivity index (χ2n) is 17.1. The van der Waals surface area contributed by atoms with Crippen molar-refractivity contribution >= 4 is 11.6 Å². The molecule has 7 atom stereocenters. The maximum atomic E-state index is 15.4. The molecule has 1 unspecified atom stereocenters. The molecule has 2 N–H and O–H groups in total. The summed E-state index contributed by atoms with van der Waals surface area (Å²) in [4.78, 5) is 23.6. The number of carbonyl (C=O) groups excluding carboxylic acids is 1. The largest absolute Gasteiger partial charge is 0.490 e. The van der Waals surface area contributed by atoms with Crippen molar-refractivity contribution in [2.24, 2.45) is 22.9 Å². The van der Waals surface area contributed by atoms with E-state index in [2.05, 4.69) is 31.4 Å². The minimum absolute atomic E-state index is 0.0298. The summed E-state index contributed by atoms with van der Waals surface area (Å²) < 4.78 is 38.3. The van der Waals surface area contributed by atoms with Crippen LogP contribution < -0.4 is 18.9 Å². The first-order valence-corrected chi connectivity index (χ1v) is 22.7. The summed E-state index contributed by atoms with van der Waals surface area (Å²) in [5.41, 5.74) is 4.16. The molecule has 3 heterocycles. The van der Waals surface area contributed by atoms with Crippen LogP contribution in [0.15, 0.2) is 103 Å². The van der Waals surface area contributed by atoms with Crippen LogP contribution in [0.1, 0.15) is 97.2 Å². The third-order valence-corrected chi connectivity index (χ3v) is 13.1. The van der Waals surface area contributed by atoms with E-state index in [1.807, 2.05) is 35.2 Å². The maximum absolute atomic E-state index is 15.4. The van der Waals surface area contributed by atoms with Crippen LogP contribution in [0.5, 0.6) is 23.0 Å². The molecule has 2 aliphatic carbocycles. The zero-order valence-corrected chi connectivity index (χ0v) is 36.4. The number of aliphatic hydroxyl groups is 2. The molecule has 3 aliphatic heterocycles. The number of carbonyl (C=O) groups is 1. The second kappa shape index (κ2) is 20.9. The van der Waals surface area contributed by atoms with Crippen LogP contribution in [0.4, 0.5) is 0 Å². The van der Waals surface area contributed by atoms with Crippen LogP contribution in [0.2, 0.25) is 0 Å². The summed E-state index contributed by atoms with van der Waals surface area (Å²) in [7, 11) is 0. The Morgan fingerprint density at radius 3 is 2.47 bits per heavy atom. The number of ether oxygens (including phenoxy) is 6. The molecule has 1 saturated carbocycles. The van der Waals surface area contributed by atoms with Gasteiger partial charge in [-0.3, -0.25) is 4.79 Å². The molecular weight excluding hydrogens is 815 g/mol. The molecule has 13 nitrogen and oxygen atoms in total. The lowest BCUT2D eigenvalue weighted by molar-refractivity contribution is -0.255. The van der Waals surface area contributed by atoms with Crippen molar-refractivity contribution in [1.82, 2.24) is 4.90 Å². The Kier molecular flexibility index (Phi) is 14.7. The van der Waals surface area contributed by atoms with E-state index in [1.54, 1.807) is 36.4 Å². The zero-order valence-electron chi connectivity index (χ0n) is 36.4. The van der Waals surface area contributed by atoms with Gasteiger partial charge in [0.15, 0.2) is 11.5 Å². The summed E-state index contributed by atoms with van der Waals surface area (Å²) >= 11 is 0. The van der Waals surface area contributed by atoms with Crippen molar-refractivity contribution in [1.29, 1.82) is 5.26 Å². The van der Waals surface area contributed by atoms with Gasteiger partial charge in [-0.1, -0.05) is 48.9 Å². The highest BCUT2D eigenvalue weighted by atomic mass is 16.8. The monoisotopic (exact) mass is 873 g/mol. The maximum Gasteiger partial charge on any atom is 0.254 e. The first kappa shape index (κ1) is 44.9. The van der Waals surface area contributed by atoms with Crippen LogP contribution in [-0.2, 0) is 20.9 Å². The lowest BCUT2D eigenvalue weighted by Gasteiger charge is -2.60. The summed E-state index contributed by atoms with van der Waals surface area (Å²) in [5.74, 6) is 0.0205. The van der Waals surface area contributed by atoms with Gasteiger partial charge in [-0.05, 0) is 116 Å². The predicted molar refractivity (Wildman–Crippen MR) is 239 cm³/mol. The molecule has 3 aromatic rings. The van der Waals surface area contributed by atoms with E-state index < -0.39 is 24.0 Å². The topological polar surface area (TPSA) is 162 Å². The lowest BCUT2D eigenvalue weighted by Crippen LogP contribution is -2.70. The molecule has 1 amide bonds. The third kappa shape index (κ3) is 9.42.